The molecule has 0 saturated heterocycles. The number of hydrogen-bond acceptors (Lipinski definition) is 2. The van der Waals surface area contributed by atoms with E-state index in [2.05, 4.69) is 24.1 Å². The minimum absolute atomic E-state index is 0.142. The minimum Gasteiger partial charge on any atom is -0.355 e. The van der Waals surface area contributed by atoms with Gasteiger partial charge in [-0.25, -0.2) is 0 Å². The highest BCUT2D eigenvalue weighted by atomic mass is 35.5. The summed E-state index contributed by atoms with van der Waals surface area (Å²) in [4.78, 5) is 14.9. The van der Waals surface area contributed by atoms with E-state index in [1.807, 2.05) is 24.3 Å². The molecule has 1 aliphatic rings. The molecule has 0 spiro atoms. The first kappa shape index (κ1) is 17.3. The summed E-state index contributed by atoms with van der Waals surface area (Å²) < 4.78 is 0. The highest BCUT2D eigenvalue weighted by Crippen LogP contribution is 2.50. The lowest BCUT2D eigenvalue weighted by molar-refractivity contribution is -0.123. The SMILES string of the molecule is CCN(CC)CCCCNC(=O)C1(c2ccccc2Cl)CC1. The smallest absolute Gasteiger partial charge is 0.230 e. The molecule has 122 valence electrons. The van der Waals surface area contributed by atoms with Crippen LogP contribution in [-0.2, 0) is 10.2 Å². The van der Waals surface area contributed by atoms with Crippen molar-refractivity contribution < 1.29 is 4.79 Å². The topological polar surface area (TPSA) is 32.3 Å². The summed E-state index contributed by atoms with van der Waals surface area (Å²) in [6, 6.07) is 7.72. The molecule has 22 heavy (non-hydrogen) atoms. The Bertz CT molecular complexity index is 496. The van der Waals surface area contributed by atoms with Crippen molar-refractivity contribution in [1.29, 1.82) is 0 Å². The molecule has 2 rings (SSSR count). The van der Waals surface area contributed by atoms with Crippen molar-refractivity contribution in [2.24, 2.45) is 0 Å². The molecule has 3 nitrogen and oxygen atoms in total. The zero-order chi connectivity index (χ0) is 16.0. The van der Waals surface area contributed by atoms with Crippen LogP contribution in [-0.4, -0.2) is 37.0 Å². The lowest BCUT2D eigenvalue weighted by Crippen LogP contribution is -2.35. The second-order valence-electron chi connectivity index (χ2n) is 6.05. The van der Waals surface area contributed by atoms with Gasteiger partial charge in [-0.1, -0.05) is 43.6 Å². The summed E-state index contributed by atoms with van der Waals surface area (Å²) in [5.74, 6) is 0.142. The van der Waals surface area contributed by atoms with Gasteiger partial charge in [-0.15, -0.1) is 0 Å². The predicted molar refractivity (Wildman–Crippen MR) is 92.4 cm³/mol. The highest BCUT2D eigenvalue weighted by molar-refractivity contribution is 6.31. The summed E-state index contributed by atoms with van der Waals surface area (Å²) in [5, 5.41) is 3.81. The zero-order valence-corrected chi connectivity index (χ0v) is 14.5. The maximum absolute atomic E-state index is 12.5. The molecule has 0 aromatic heterocycles. The van der Waals surface area contributed by atoms with Crippen LogP contribution in [0, 0.1) is 0 Å². The van der Waals surface area contributed by atoms with Crippen LogP contribution < -0.4 is 5.32 Å². The molecular formula is C18H27ClN2O. The standard InChI is InChI=1S/C18H27ClN2O/c1-3-21(4-2)14-8-7-13-20-17(22)18(11-12-18)15-9-5-6-10-16(15)19/h5-6,9-10H,3-4,7-8,11-14H2,1-2H3,(H,20,22). The number of nitrogens with zero attached hydrogens (tertiary/aromatic N) is 1. The first-order chi connectivity index (χ1) is 10.6. The van der Waals surface area contributed by atoms with E-state index in [0.29, 0.717) is 5.02 Å². The second-order valence-corrected chi connectivity index (χ2v) is 6.46. The molecule has 1 N–H and O–H groups in total. The Morgan fingerprint density at radius 2 is 1.91 bits per heavy atom. The summed E-state index contributed by atoms with van der Waals surface area (Å²) in [6.07, 6.45) is 3.96. The number of halogens is 1. The van der Waals surface area contributed by atoms with Crippen molar-refractivity contribution in [3.8, 4) is 0 Å². The van der Waals surface area contributed by atoms with Crippen LogP contribution in [0.15, 0.2) is 24.3 Å². The van der Waals surface area contributed by atoms with Crippen LogP contribution in [0.3, 0.4) is 0 Å². The van der Waals surface area contributed by atoms with E-state index in [0.717, 1.165) is 57.4 Å². The first-order valence-corrected chi connectivity index (χ1v) is 8.77. The predicted octanol–water partition coefficient (Wildman–Crippen LogP) is 3.61. The summed E-state index contributed by atoms with van der Waals surface area (Å²) in [6.45, 7) is 8.43. The van der Waals surface area contributed by atoms with Gasteiger partial charge in [-0.05, 0) is 56.9 Å². The molecule has 1 aliphatic carbocycles. The molecular weight excluding hydrogens is 296 g/mol. The molecule has 1 aromatic carbocycles. The second kappa shape index (κ2) is 7.98. The number of rotatable bonds is 9. The molecule has 0 aliphatic heterocycles. The Hall–Kier alpha value is -1.06. The first-order valence-electron chi connectivity index (χ1n) is 8.39. The molecule has 0 unspecified atom stereocenters. The molecule has 0 heterocycles. The number of benzene rings is 1. The summed E-state index contributed by atoms with van der Waals surface area (Å²) >= 11 is 6.26. The zero-order valence-electron chi connectivity index (χ0n) is 13.7. The monoisotopic (exact) mass is 322 g/mol. The molecule has 1 aromatic rings. The van der Waals surface area contributed by atoms with Crippen molar-refractivity contribution >= 4 is 17.5 Å². The van der Waals surface area contributed by atoms with Gasteiger partial charge in [0.15, 0.2) is 0 Å². The molecule has 0 atom stereocenters. The Morgan fingerprint density at radius 1 is 1.23 bits per heavy atom. The van der Waals surface area contributed by atoms with Gasteiger partial charge >= 0.3 is 0 Å². The third kappa shape index (κ3) is 4.02. The molecule has 1 amide bonds. The van der Waals surface area contributed by atoms with Gasteiger partial charge in [0.05, 0.1) is 5.41 Å². The van der Waals surface area contributed by atoms with E-state index in [-0.39, 0.29) is 11.3 Å². The average molecular weight is 323 g/mol. The van der Waals surface area contributed by atoms with Crippen LogP contribution in [0.1, 0.15) is 45.1 Å². The van der Waals surface area contributed by atoms with Gasteiger partial charge in [0.25, 0.3) is 0 Å². The van der Waals surface area contributed by atoms with Crippen LogP contribution in [0.5, 0.6) is 0 Å². The highest BCUT2D eigenvalue weighted by Gasteiger charge is 2.52. The van der Waals surface area contributed by atoms with Crippen LogP contribution in [0.25, 0.3) is 0 Å². The molecule has 1 saturated carbocycles. The number of amides is 1. The lowest BCUT2D eigenvalue weighted by atomic mass is 9.95. The summed E-state index contributed by atoms with van der Waals surface area (Å²) in [5.41, 5.74) is 0.620. The number of nitrogens with one attached hydrogen (secondary N) is 1. The van der Waals surface area contributed by atoms with Gasteiger partial charge in [0.2, 0.25) is 5.91 Å². The normalized spacial score (nSPS) is 15.8. The van der Waals surface area contributed by atoms with E-state index < -0.39 is 0 Å². The van der Waals surface area contributed by atoms with Gasteiger partial charge in [-0.2, -0.15) is 0 Å². The van der Waals surface area contributed by atoms with Crippen molar-refractivity contribution in [2.75, 3.05) is 26.2 Å². The number of carbonyl (C=O) groups excluding carboxylic acids is 1. The largest absolute Gasteiger partial charge is 0.355 e. The maximum Gasteiger partial charge on any atom is 0.230 e. The van der Waals surface area contributed by atoms with Crippen molar-refractivity contribution in [1.82, 2.24) is 10.2 Å². The summed E-state index contributed by atoms with van der Waals surface area (Å²) in [7, 11) is 0. The van der Waals surface area contributed by atoms with Gasteiger partial charge < -0.3 is 10.2 Å². The van der Waals surface area contributed by atoms with Gasteiger partial charge in [0, 0.05) is 11.6 Å². The third-order valence-corrected chi connectivity index (χ3v) is 4.98. The van der Waals surface area contributed by atoms with Crippen LogP contribution >= 0.6 is 11.6 Å². The van der Waals surface area contributed by atoms with E-state index in [1.165, 1.54) is 0 Å². The molecule has 4 heteroatoms. The Morgan fingerprint density at radius 3 is 2.50 bits per heavy atom. The fourth-order valence-electron chi connectivity index (χ4n) is 2.96. The number of unbranched alkanes of at least 4 members (excludes halogenated alkanes) is 1. The molecule has 1 fully saturated rings. The van der Waals surface area contributed by atoms with E-state index >= 15 is 0 Å². The van der Waals surface area contributed by atoms with Crippen molar-refractivity contribution in [3.63, 3.8) is 0 Å². The van der Waals surface area contributed by atoms with Crippen molar-refractivity contribution in [3.05, 3.63) is 34.9 Å². The maximum atomic E-state index is 12.5. The van der Waals surface area contributed by atoms with Gasteiger partial charge in [-0.3, -0.25) is 4.79 Å². The van der Waals surface area contributed by atoms with Crippen molar-refractivity contribution in [2.45, 2.75) is 44.9 Å². The van der Waals surface area contributed by atoms with E-state index in [4.69, 9.17) is 11.6 Å². The van der Waals surface area contributed by atoms with Gasteiger partial charge in [0.1, 0.15) is 0 Å². The lowest BCUT2D eigenvalue weighted by Gasteiger charge is -2.19. The van der Waals surface area contributed by atoms with E-state index in [1.54, 1.807) is 0 Å². The number of hydrogen-bond donors (Lipinski definition) is 1. The Labute approximate surface area is 139 Å². The fraction of sp³-hybridized carbons (Fsp3) is 0.611. The molecule has 0 radical (unpaired) electrons. The van der Waals surface area contributed by atoms with E-state index in [9.17, 15) is 4.79 Å². The third-order valence-electron chi connectivity index (χ3n) is 4.66. The minimum atomic E-state index is -0.364. The Kier molecular flexibility index (Phi) is 6.27. The number of carbonyl (C=O) groups is 1. The Balaban J connectivity index is 1.77. The van der Waals surface area contributed by atoms with Crippen LogP contribution in [0.4, 0.5) is 0 Å². The molecule has 0 bridgehead atoms. The van der Waals surface area contributed by atoms with Crippen LogP contribution in [0.2, 0.25) is 5.02 Å². The fourth-order valence-corrected chi connectivity index (χ4v) is 3.28. The average Bonchev–Trinajstić information content (AvgIpc) is 3.33. The quantitative estimate of drug-likeness (QED) is 0.704.